The van der Waals surface area contributed by atoms with Crippen LogP contribution in [0.1, 0.15) is 31.2 Å². The summed E-state index contributed by atoms with van der Waals surface area (Å²) in [7, 11) is 0. The third-order valence-corrected chi connectivity index (χ3v) is 5.05. The zero-order chi connectivity index (χ0) is 15.8. The topological polar surface area (TPSA) is 84.1 Å². The maximum Gasteiger partial charge on any atom is 0.237 e. The van der Waals surface area contributed by atoms with Gasteiger partial charge in [-0.05, 0) is 30.5 Å². The van der Waals surface area contributed by atoms with E-state index < -0.39 is 0 Å². The zero-order valence-electron chi connectivity index (χ0n) is 13.0. The maximum atomic E-state index is 12.4. The molecule has 0 spiro atoms. The molecule has 0 bridgehead atoms. The van der Waals surface area contributed by atoms with Crippen molar-refractivity contribution in [1.82, 2.24) is 20.2 Å². The molecular formula is C17H21N5O. The van der Waals surface area contributed by atoms with Crippen molar-refractivity contribution >= 4 is 22.6 Å². The smallest absolute Gasteiger partial charge is 0.237 e. The van der Waals surface area contributed by atoms with Gasteiger partial charge in [0.1, 0.15) is 12.1 Å². The van der Waals surface area contributed by atoms with Crippen LogP contribution in [-0.4, -0.2) is 39.4 Å². The van der Waals surface area contributed by atoms with E-state index in [0.29, 0.717) is 31.0 Å². The zero-order valence-corrected chi connectivity index (χ0v) is 13.0. The van der Waals surface area contributed by atoms with Crippen molar-refractivity contribution in [3.63, 3.8) is 0 Å². The number of aromatic nitrogens is 2. The summed E-state index contributed by atoms with van der Waals surface area (Å²) in [6.07, 6.45) is 6.19. The van der Waals surface area contributed by atoms with Crippen molar-refractivity contribution in [3.05, 3.63) is 30.1 Å². The van der Waals surface area contributed by atoms with Crippen LogP contribution in [0.4, 0.5) is 5.82 Å². The first-order valence-electron chi connectivity index (χ1n) is 8.24. The van der Waals surface area contributed by atoms with Crippen molar-refractivity contribution in [2.45, 2.75) is 44.3 Å². The molecule has 2 heterocycles. The van der Waals surface area contributed by atoms with Gasteiger partial charge in [-0.15, -0.1) is 0 Å². The summed E-state index contributed by atoms with van der Waals surface area (Å²) in [6.45, 7) is 1.09. The molecule has 2 aromatic rings. The lowest BCUT2D eigenvalue weighted by molar-refractivity contribution is -0.138. The number of piperazine rings is 1. The van der Waals surface area contributed by atoms with Gasteiger partial charge in [0.05, 0.1) is 12.1 Å². The third-order valence-electron chi connectivity index (χ3n) is 5.05. The van der Waals surface area contributed by atoms with Gasteiger partial charge in [-0.2, -0.15) is 0 Å². The molecule has 2 fully saturated rings. The predicted molar refractivity (Wildman–Crippen MR) is 88.5 cm³/mol. The van der Waals surface area contributed by atoms with E-state index in [4.69, 9.17) is 5.73 Å². The van der Waals surface area contributed by atoms with Crippen LogP contribution in [0.15, 0.2) is 24.5 Å². The number of nitrogens with zero attached hydrogens (tertiary/aromatic N) is 3. The Kier molecular flexibility index (Phi) is 3.61. The minimum absolute atomic E-state index is 0.190. The summed E-state index contributed by atoms with van der Waals surface area (Å²) in [4.78, 5) is 22.7. The molecule has 3 N–H and O–H groups in total. The maximum absolute atomic E-state index is 12.4. The lowest BCUT2D eigenvalue weighted by atomic mass is 9.87. The van der Waals surface area contributed by atoms with Crippen LogP contribution < -0.4 is 11.1 Å². The molecule has 6 heteroatoms. The number of nitrogens with one attached hydrogen (secondary N) is 1. The average molecular weight is 311 g/mol. The van der Waals surface area contributed by atoms with Crippen molar-refractivity contribution in [2.24, 2.45) is 0 Å². The normalized spacial score (nSPS) is 24.7. The number of carbonyl (C=O) groups is 1. The van der Waals surface area contributed by atoms with Crippen molar-refractivity contribution in [2.75, 3.05) is 12.3 Å². The number of rotatable bonds is 2. The van der Waals surface area contributed by atoms with E-state index in [0.717, 1.165) is 29.3 Å². The molecule has 1 aromatic carbocycles. The van der Waals surface area contributed by atoms with Crippen LogP contribution in [-0.2, 0) is 11.3 Å². The van der Waals surface area contributed by atoms with E-state index in [1.807, 2.05) is 23.1 Å². The van der Waals surface area contributed by atoms with Crippen molar-refractivity contribution in [3.8, 4) is 0 Å². The van der Waals surface area contributed by atoms with Crippen LogP contribution >= 0.6 is 0 Å². The van der Waals surface area contributed by atoms with Gasteiger partial charge in [0.15, 0.2) is 0 Å². The monoisotopic (exact) mass is 311 g/mol. The lowest BCUT2D eigenvalue weighted by Crippen LogP contribution is -2.61. The number of amides is 1. The molecule has 1 aliphatic heterocycles. The highest BCUT2D eigenvalue weighted by molar-refractivity contribution is 5.88. The highest BCUT2D eigenvalue weighted by Crippen LogP contribution is 2.28. The summed E-state index contributed by atoms with van der Waals surface area (Å²) in [5.41, 5.74) is 7.80. The Morgan fingerprint density at radius 1 is 1.26 bits per heavy atom. The number of hydrogen-bond donors (Lipinski definition) is 2. The second-order valence-electron chi connectivity index (χ2n) is 6.47. The molecule has 1 aromatic heterocycles. The summed E-state index contributed by atoms with van der Waals surface area (Å²) in [5, 5.41) is 4.25. The molecule has 6 nitrogen and oxygen atoms in total. The Bertz CT molecular complexity index is 747. The molecule has 0 unspecified atom stereocenters. The van der Waals surface area contributed by atoms with E-state index in [2.05, 4.69) is 15.3 Å². The first-order valence-corrected chi connectivity index (χ1v) is 8.24. The first kappa shape index (κ1) is 14.4. The van der Waals surface area contributed by atoms with Crippen LogP contribution in [0, 0.1) is 0 Å². The molecule has 1 amide bonds. The predicted octanol–water partition coefficient (Wildman–Crippen LogP) is 1.45. The van der Waals surface area contributed by atoms with E-state index in [1.165, 1.54) is 19.2 Å². The summed E-state index contributed by atoms with van der Waals surface area (Å²) < 4.78 is 0. The number of carbonyl (C=O) groups excluding carboxylic acids is 1. The Morgan fingerprint density at radius 3 is 3.04 bits per heavy atom. The fraction of sp³-hybridized carbons (Fsp3) is 0.471. The molecule has 0 radical (unpaired) electrons. The van der Waals surface area contributed by atoms with E-state index in [9.17, 15) is 4.79 Å². The lowest BCUT2D eigenvalue weighted by Gasteiger charge is -2.44. The van der Waals surface area contributed by atoms with E-state index >= 15 is 0 Å². The molecule has 2 aliphatic rings. The van der Waals surface area contributed by atoms with Crippen molar-refractivity contribution < 1.29 is 4.79 Å². The van der Waals surface area contributed by atoms with Gasteiger partial charge in [-0.25, -0.2) is 9.97 Å². The molecule has 2 atom stereocenters. The van der Waals surface area contributed by atoms with Crippen LogP contribution in [0.25, 0.3) is 10.9 Å². The van der Waals surface area contributed by atoms with Gasteiger partial charge in [-0.3, -0.25) is 4.79 Å². The van der Waals surface area contributed by atoms with Crippen LogP contribution in [0.3, 0.4) is 0 Å². The molecule has 1 saturated carbocycles. The number of fused-ring (bicyclic) bond motifs is 2. The Balaban J connectivity index is 1.62. The van der Waals surface area contributed by atoms with Gasteiger partial charge in [0.2, 0.25) is 5.91 Å². The summed E-state index contributed by atoms with van der Waals surface area (Å²) in [6, 6.07) is 6.75. The Hall–Kier alpha value is -2.21. The summed E-state index contributed by atoms with van der Waals surface area (Å²) >= 11 is 0. The molecule has 1 saturated heterocycles. The molecule has 120 valence electrons. The number of benzene rings is 1. The Morgan fingerprint density at radius 2 is 2.13 bits per heavy atom. The largest absolute Gasteiger partial charge is 0.383 e. The number of anilines is 1. The SMILES string of the molecule is Nc1ncnc2cc(CN3C(=O)CN[C@H]4CCCC[C@H]43)ccc12. The summed E-state index contributed by atoms with van der Waals surface area (Å²) in [5.74, 6) is 0.683. The molecule has 1 aliphatic carbocycles. The highest BCUT2D eigenvalue weighted by atomic mass is 16.2. The van der Waals surface area contributed by atoms with E-state index in [-0.39, 0.29) is 5.91 Å². The molecule has 4 rings (SSSR count). The van der Waals surface area contributed by atoms with Crippen LogP contribution in [0.2, 0.25) is 0 Å². The van der Waals surface area contributed by atoms with Gasteiger partial charge in [0, 0.05) is 24.0 Å². The van der Waals surface area contributed by atoms with Gasteiger partial charge in [-0.1, -0.05) is 18.9 Å². The second kappa shape index (κ2) is 5.77. The van der Waals surface area contributed by atoms with Crippen molar-refractivity contribution in [1.29, 1.82) is 0 Å². The van der Waals surface area contributed by atoms with Gasteiger partial charge in [0.25, 0.3) is 0 Å². The van der Waals surface area contributed by atoms with Gasteiger partial charge >= 0.3 is 0 Å². The fourth-order valence-electron chi connectivity index (χ4n) is 3.85. The fourth-order valence-corrected chi connectivity index (χ4v) is 3.85. The number of hydrogen-bond acceptors (Lipinski definition) is 5. The average Bonchev–Trinajstić information content (AvgIpc) is 2.58. The minimum Gasteiger partial charge on any atom is -0.383 e. The third kappa shape index (κ3) is 2.63. The quantitative estimate of drug-likeness (QED) is 0.877. The molecular weight excluding hydrogens is 290 g/mol. The standard InChI is InChI=1S/C17H21N5O/c18-17-12-6-5-11(7-14(12)20-10-21-17)9-22-15-4-2-1-3-13(15)19-8-16(22)23/h5-7,10,13,15,19H,1-4,8-9H2,(H2,18,20,21)/t13-,15+/m0/s1. The van der Waals surface area contributed by atoms with Crippen LogP contribution in [0.5, 0.6) is 0 Å². The minimum atomic E-state index is 0.190. The van der Waals surface area contributed by atoms with Gasteiger partial charge < -0.3 is 16.0 Å². The van der Waals surface area contributed by atoms with E-state index in [1.54, 1.807) is 0 Å². The number of nitrogens with two attached hydrogens (primary N) is 1. The molecule has 23 heavy (non-hydrogen) atoms. The first-order chi connectivity index (χ1) is 11.2. The highest BCUT2D eigenvalue weighted by Gasteiger charge is 2.36. The second-order valence-corrected chi connectivity index (χ2v) is 6.47. The Labute approximate surface area is 135 Å². The number of nitrogen functional groups attached to an aromatic ring is 1.